The highest BCUT2D eigenvalue weighted by Gasteiger charge is 2.19. The Morgan fingerprint density at radius 1 is 1.43 bits per heavy atom. The number of rotatable bonds is 4. The van der Waals surface area contributed by atoms with Gasteiger partial charge < -0.3 is 9.84 Å². The van der Waals surface area contributed by atoms with Crippen LogP contribution in [-0.4, -0.2) is 17.2 Å². The lowest BCUT2D eigenvalue weighted by Gasteiger charge is -2.16. The molecule has 3 nitrogen and oxygen atoms in total. The van der Waals surface area contributed by atoms with Crippen LogP contribution in [0, 0.1) is 5.92 Å². The number of aliphatic hydroxyl groups excluding tert-OH is 1. The maximum absolute atomic E-state index is 9.33. The average Bonchev–Trinajstić information content (AvgIpc) is 2.53. The molecule has 1 N–H and O–H groups in total. The topological polar surface area (TPSA) is 42.4 Å². The van der Waals surface area contributed by atoms with Gasteiger partial charge in [-0.15, -0.1) is 11.3 Å². The van der Waals surface area contributed by atoms with Gasteiger partial charge in [-0.2, -0.15) is 0 Å². The minimum absolute atomic E-state index is 0.0347. The minimum Gasteiger partial charge on any atom is -0.387 e. The van der Waals surface area contributed by atoms with E-state index in [1.807, 2.05) is 5.38 Å². The van der Waals surface area contributed by atoms with Crippen molar-refractivity contribution in [2.75, 3.05) is 7.11 Å². The van der Waals surface area contributed by atoms with E-state index in [0.29, 0.717) is 5.92 Å². The molecule has 0 spiro atoms. The Kier molecular flexibility index (Phi) is 4.04. The van der Waals surface area contributed by atoms with Crippen LogP contribution in [0.4, 0.5) is 0 Å². The SMILES string of the molecule is COC(c1nc(C(C)O)cs1)C(C)C. The fourth-order valence-corrected chi connectivity index (χ4v) is 2.43. The van der Waals surface area contributed by atoms with Crippen LogP contribution in [0.5, 0.6) is 0 Å². The molecule has 2 atom stereocenters. The zero-order valence-electron chi connectivity index (χ0n) is 9.02. The fourth-order valence-electron chi connectivity index (χ4n) is 1.28. The van der Waals surface area contributed by atoms with Crippen LogP contribution in [0.25, 0.3) is 0 Å². The van der Waals surface area contributed by atoms with Gasteiger partial charge in [-0.25, -0.2) is 4.98 Å². The number of aromatic nitrogens is 1. The molecule has 1 heterocycles. The van der Waals surface area contributed by atoms with Crippen LogP contribution in [0.1, 0.15) is 43.7 Å². The number of aliphatic hydroxyl groups is 1. The zero-order valence-corrected chi connectivity index (χ0v) is 9.84. The normalized spacial score (nSPS) is 15.9. The van der Waals surface area contributed by atoms with Gasteiger partial charge in [0.1, 0.15) is 11.1 Å². The van der Waals surface area contributed by atoms with E-state index in [1.165, 1.54) is 0 Å². The van der Waals surface area contributed by atoms with Crippen molar-refractivity contribution in [2.45, 2.75) is 33.0 Å². The third-order valence-corrected chi connectivity index (χ3v) is 3.00. The molecule has 0 fully saturated rings. The highest BCUT2D eigenvalue weighted by Crippen LogP contribution is 2.29. The minimum atomic E-state index is -0.496. The lowest BCUT2D eigenvalue weighted by atomic mass is 10.1. The highest BCUT2D eigenvalue weighted by molar-refractivity contribution is 7.09. The van der Waals surface area contributed by atoms with Gasteiger partial charge in [0.25, 0.3) is 0 Å². The highest BCUT2D eigenvalue weighted by atomic mass is 32.1. The van der Waals surface area contributed by atoms with E-state index in [2.05, 4.69) is 18.8 Å². The summed E-state index contributed by atoms with van der Waals surface area (Å²) in [6.07, 6.45) is -0.461. The summed E-state index contributed by atoms with van der Waals surface area (Å²) in [4.78, 5) is 4.35. The summed E-state index contributed by atoms with van der Waals surface area (Å²) in [5.74, 6) is 0.396. The Balaban J connectivity index is 2.84. The van der Waals surface area contributed by atoms with Crippen molar-refractivity contribution in [2.24, 2.45) is 5.92 Å². The first-order valence-corrected chi connectivity index (χ1v) is 5.60. The van der Waals surface area contributed by atoms with Crippen LogP contribution in [0.3, 0.4) is 0 Å². The van der Waals surface area contributed by atoms with Crippen molar-refractivity contribution in [3.8, 4) is 0 Å². The van der Waals surface area contributed by atoms with Gasteiger partial charge in [0.15, 0.2) is 0 Å². The lowest BCUT2D eigenvalue weighted by molar-refractivity contribution is 0.0639. The molecule has 1 aromatic heterocycles. The molecule has 0 saturated heterocycles. The largest absolute Gasteiger partial charge is 0.387 e. The molecule has 0 bridgehead atoms. The second kappa shape index (κ2) is 4.87. The number of hydrogen-bond acceptors (Lipinski definition) is 4. The Morgan fingerprint density at radius 3 is 2.43 bits per heavy atom. The van der Waals surface area contributed by atoms with Gasteiger partial charge in [0.05, 0.1) is 11.8 Å². The van der Waals surface area contributed by atoms with E-state index in [0.717, 1.165) is 10.7 Å². The molecule has 0 aliphatic carbocycles. The van der Waals surface area contributed by atoms with Gasteiger partial charge in [-0.1, -0.05) is 13.8 Å². The molecule has 0 saturated carbocycles. The third kappa shape index (κ3) is 2.53. The first-order valence-electron chi connectivity index (χ1n) is 4.72. The first kappa shape index (κ1) is 11.6. The molecule has 80 valence electrons. The summed E-state index contributed by atoms with van der Waals surface area (Å²) in [6.45, 7) is 5.91. The maximum atomic E-state index is 9.33. The van der Waals surface area contributed by atoms with Gasteiger partial charge in [-0.3, -0.25) is 0 Å². The Morgan fingerprint density at radius 2 is 2.07 bits per heavy atom. The molecule has 0 amide bonds. The van der Waals surface area contributed by atoms with Crippen LogP contribution in [-0.2, 0) is 4.74 Å². The average molecular weight is 215 g/mol. The van der Waals surface area contributed by atoms with Gasteiger partial charge in [0.2, 0.25) is 0 Å². The lowest BCUT2D eigenvalue weighted by Crippen LogP contribution is -2.08. The predicted octanol–water partition coefficient (Wildman–Crippen LogP) is 2.54. The Bertz CT molecular complexity index is 283. The third-order valence-electron chi connectivity index (χ3n) is 2.07. The van der Waals surface area contributed by atoms with Crippen LogP contribution < -0.4 is 0 Å². The quantitative estimate of drug-likeness (QED) is 0.839. The Labute approximate surface area is 88.8 Å². The molecule has 0 aliphatic rings. The van der Waals surface area contributed by atoms with E-state index in [-0.39, 0.29) is 6.10 Å². The molecule has 1 aromatic rings. The van der Waals surface area contributed by atoms with E-state index in [1.54, 1.807) is 25.4 Å². The summed E-state index contributed by atoms with van der Waals surface area (Å²) in [6, 6.07) is 0. The van der Waals surface area contributed by atoms with Gasteiger partial charge >= 0.3 is 0 Å². The van der Waals surface area contributed by atoms with Crippen molar-refractivity contribution in [1.29, 1.82) is 0 Å². The number of thiazole rings is 1. The van der Waals surface area contributed by atoms with Crippen molar-refractivity contribution in [3.05, 3.63) is 16.1 Å². The summed E-state index contributed by atoms with van der Waals surface area (Å²) in [5, 5.41) is 12.2. The second-order valence-corrected chi connectivity index (χ2v) is 4.58. The zero-order chi connectivity index (χ0) is 10.7. The van der Waals surface area contributed by atoms with Crippen molar-refractivity contribution >= 4 is 11.3 Å². The smallest absolute Gasteiger partial charge is 0.122 e. The van der Waals surface area contributed by atoms with Crippen molar-refractivity contribution in [1.82, 2.24) is 4.98 Å². The molecular weight excluding hydrogens is 198 g/mol. The van der Waals surface area contributed by atoms with Crippen LogP contribution >= 0.6 is 11.3 Å². The summed E-state index contributed by atoms with van der Waals surface area (Å²) < 4.78 is 5.36. The van der Waals surface area contributed by atoms with Gasteiger partial charge in [0, 0.05) is 12.5 Å². The molecule has 0 aliphatic heterocycles. The van der Waals surface area contributed by atoms with E-state index >= 15 is 0 Å². The standard InChI is InChI=1S/C10H17NO2S/c1-6(2)9(13-4)10-11-8(5-14-10)7(3)12/h5-7,9,12H,1-4H3. The molecule has 0 aromatic carbocycles. The monoisotopic (exact) mass is 215 g/mol. The summed E-state index contributed by atoms with van der Waals surface area (Å²) in [5.41, 5.74) is 0.729. The van der Waals surface area contributed by atoms with Gasteiger partial charge in [-0.05, 0) is 12.8 Å². The molecular formula is C10H17NO2S. The number of ether oxygens (including phenoxy) is 1. The summed E-state index contributed by atoms with van der Waals surface area (Å²) in [7, 11) is 1.69. The van der Waals surface area contributed by atoms with Crippen molar-refractivity contribution < 1.29 is 9.84 Å². The maximum Gasteiger partial charge on any atom is 0.122 e. The van der Waals surface area contributed by atoms with Crippen molar-refractivity contribution in [3.63, 3.8) is 0 Å². The molecule has 4 heteroatoms. The fraction of sp³-hybridized carbons (Fsp3) is 0.700. The molecule has 1 rings (SSSR count). The Hall–Kier alpha value is -0.450. The predicted molar refractivity (Wildman–Crippen MR) is 57.3 cm³/mol. The number of methoxy groups -OCH3 is 1. The second-order valence-electron chi connectivity index (χ2n) is 3.69. The molecule has 14 heavy (non-hydrogen) atoms. The molecule has 2 unspecified atom stereocenters. The summed E-state index contributed by atoms with van der Waals surface area (Å²) >= 11 is 1.54. The molecule has 0 radical (unpaired) electrons. The van der Waals surface area contributed by atoms with Crippen LogP contribution in [0.15, 0.2) is 5.38 Å². The van der Waals surface area contributed by atoms with E-state index < -0.39 is 6.10 Å². The van der Waals surface area contributed by atoms with E-state index in [4.69, 9.17) is 4.74 Å². The van der Waals surface area contributed by atoms with E-state index in [9.17, 15) is 5.11 Å². The number of hydrogen-bond donors (Lipinski definition) is 1. The number of nitrogens with zero attached hydrogens (tertiary/aromatic N) is 1. The van der Waals surface area contributed by atoms with Crippen LogP contribution in [0.2, 0.25) is 0 Å². The first-order chi connectivity index (χ1) is 6.56.